The molecule has 1 aromatic heterocycles. The fourth-order valence-corrected chi connectivity index (χ4v) is 4.34. The zero-order valence-electron chi connectivity index (χ0n) is 19.1. The number of methoxy groups -OCH3 is 1. The van der Waals surface area contributed by atoms with Crippen LogP contribution in [-0.2, 0) is 21.4 Å². The summed E-state index contributed by atoms with van der Waals surface area (Å²) in [6.45, 7) is -0.231. The second kappa shape index (κ2) is 10.3. The molecule has 0 bridgehead atoms. The van der Waals surface area contributed by atoms with Crippen molar-refractivity contribution in [2.75, 3.05) is 34.9 Å². The molecule has 3 N–H and O–H groups in total. The van der Waals surface area contributed by atoms with Crippen molar-refractivity contribution in [3.8, 4) is 16.9 Å². The lowest BCUT2D eigenvalue weighted by Gasteiger charge is -2.16. The van der Waals surface area contributed by atoms with Crippen molar-refractivity contribution in [3.05, 3.63) is 47.8 Å². The molecular formula is C21H25FN6O5S. The number of sulfonamides is 1. The molecule has 0 aliphatic rings. The molecule has 182 valence electrons. The van der Waals surface area contributed by atoms with Crippen LogP contribution < -0.4 is 16.0 Å². The van der Waals surface area contributed by atoms with Gasteiger partial charge in [0.2, 0.25) is 10.0 Å². The molecule has 0 spiro atoms. The van der Waals surface area contributed by atoms with Gasteiger partial charge in [-0.15, -0.1) is 5.10 Å². The van der Waals surface area contributed by atoms with Crippen molar-refractivity contribution in [3.63, 3.8) is 0 Å². The Hall–Kier alpha value is -3.39. The summed E-state index contributed by atoms with van der Waals surface area (Å²) in [5, 5.41) is 8.17. The average Bonchev–Trinajstić information content (AvgIpc) is 3.20. The minimum absolute atomic E-state index is 0.0141. The van der Waals surface area contributed by atoms with Gasteiger partial charge in [0.05, 0.1) is 26.3 Å². The molecule has 0 aliphatic heterocycles. The van der Waals surface area contributed by atoms with E-state index < -0.39 is 21.8 Å². The van der Waals surface area contributed by atoms with Gasteiger partial charge in [-0.3, -0.25) is 9.63 Å². The number of carbonyl (C=O) groups is 1. The van der Waals surface area contributed by atoms with E-state index in [0.29, 0.717) is 22.2 Å². The number of rotatable bonds is 9. The van der Waals surface area contributed by atoms with Crippen molar-refractivity contribution in [1.29, 1.82) is 0 Å². The van der Waals surface area contributed by atoms with Crippen molar-refractivity contribution < 1.29 is 27.2 Å². The van der Waals surface area contributed by atoms with Crippen LogP contribution in [0, 0.1) is 0 Å². The van der Waals surface area contributed by atoms with Crippen LogP contribution in [0.25, 0.3) is 22.2 Å². The molecule has 0 radical (unpaired) electrons. The van der Waals surface area contributed by atoms with Crippen LogP contribution in [0.5, 0.6) is 5.75 Å². The van der Waals surface area contributed by atoms with Gasteiger partial charge in [0.25, 0.3) is 5.91 Å². The fraction of sp³-hybridized carbons (Fsp3) is 0.286. The minimum atomic E-state index is -3.86. The summed E-state index contributed by atoms with van der Waals surface area (Å²) < 4.78 is 47.5. The molecule has 3 rings (SSSR count). The molecule has 0 saturated heterocycles. The number of fused-ring (bicyclic) bond motifs is 1. The van der Waals surface area contributed by atoms with Crippen LogP contribution >= 0.6 is 0 Å². The Morgan fingerprint density at radius 2 is 2.00 bits per heavy atom. The molecule has 13 heteroatoms. The van der Waals surface area contributed by atoms with E-state index in [4.69, 9.17) is 15.3 Å². The number of nitrogens with two attached hydrogens (primary N) is 1. The second-order valence-electron chi connectivity index (χ2n) is 7.31. The number of halogens is 1. The lowest BCUT2D eigenvalue weighted by atomic mass is 10.0. The van der Waals surface area contributed by atoms with E-state index >= 15 is 0 Å². The molecule has 1 heterocycles. The van der Waals surface area contributed by atoms with Crippen molar-refractivity contribution >= 4 is 27.0 Å². The SMILES string of the molecule is CONC(=O)c1cc(-c2ccc(OC)c(S(=O)(=O)N(C)C)c2)c2nnn(C/C(F)=C/CN)c2c1. The maximum absolute atomic E-state index is 14.1. The van der Waals surface area contributed by atoms with Gasteiger partial charge in [-0.1, -0.05) is 11.3 Å². The van der Waals surface area contributed by atoms with Gasteiger partial charge in [0.15, 0.2) is 0 Å². The number of ether oxygens (including phenoxy) is 1. The lowest BCUT2D eigenvalue weighted by molar-refractivity contribution is 0.0538. The summed E-state index contributed by atoms with van der Waals surface area (Å²) in [4.78, 5) is 17.2. The van der Waals surface area contributed by atoms with Crippen LogP contribution in [0.2, 0.25) is 0 Å². The predicted molar refractivity (Wildman–Crippen MR) is 123 cm³/mol. The molecule has 3 aromatic rings. The van der Waals surface area contributed by atoms with Crippen molar-refractivity contribution in [1.82, 2.24) is 24.8 Å². The Labute approximate surface area is 195 Å². The molecule has 11 nitrogen and oxygen atoms in total. The van der Waals surface area contributed by atoms with Crippen LogP contribution in [0.4, 0.5) is 4.39 Å². The maximum atomic E-state index is 14.1. The van der Waals surface area contributed by atoms with Gasteiger partial charge >= 0.3 is 0 Å². The minimum Gasteiger partial charge on any atom is -0.495 e. The Bertz CT molecular complexity index is 1350. The average molecular weight is 493 g/mol. The van der Waals surface area contributed by atoms with E-state index in [1.165, 1.54) is 63.3 Å². The first kappa shape index (κ1) is 25.2. The normalized spacial score (nSPS) is 12.4. The highest BCUT2D eigenvalue weighted by Gasteiger charge is 2.24. The Kier molecular flexibility index (Phi) is 7.61. The van der Waals surface area contributed by atoms with Crippen LogP contribution in [0.15, 0.2) is 47.1 Å². The van der Waals surface area contributed by atoms with Gasteiger partial charge in [0, 0.05) is 31.8 Å². The van der Waals surface area contributed by atoms with E-state index in [1.807, 2.05) is 0 Å². The quantitative estimate of drug-likeness (QED) is 0.428. The van der Waals surface area contributed by atoms with Gasteiger partial charge < -0.3 is 10.5 Å². The third-order valence-corrected chi connectivity index (χ3v) is 6.79. The number of allylic oxidation sites excluding steroid dienone is 1. The molecule has 0 unspecified atom stereocenters. The number of hydroxylamine groups is 1. The number of nitrogens with one attached hydrogen (secondary N) is 1. The van der Waals surface area contributed by atoms with Crippen LogP contribution in [0.3, 0.4) is 0 Å². The number of carbonyl (C=O) groups excluding carboxylic acids is 1. The predicted octanol–water partition coefficient (Wildman–Crippen LogP) is 1.46. The largest absolute Gasteiger partial charge is 0.495 e. The molecular weight excluding hydrogens is 467 g/mol. The Morgan fingerprint density at radius 1 is 1.26 bits per heavy atom. The highest BCUT2D eigenvalue weighted by Crippen LogP contribution is 2.35. The van der Waals surface area contributed by atoms with Gasteiger partial charge in [-0.05, 0) is 35.9 Å². The topological polar surface area (TPSA) is 142 Å². The first-order chi connectivity index (χ1) is 16.1. The molecule has 2 aromatic carbocycles. The fourth-order valence-electron chi connectivity index (χ4n) is 3.27. The number of nitrogens with zero attached hydrogens (tertiary/aromatic N) is 4. The zero-order valence-corrected chi connectivity index (χ0v) is 19.9. The summed E-state index contributed by atoms with van der Waals surface area (Å²) in [5.41, 5.74) is 9.31. The molecule has 1 amide bonds. The van der Waals surface area contributed by atoms with E-state index in [-0.39, 0.29) is 29.3 Å². The summed E-state index contributed by atoms with van der Waals surface area (Å²) in [5.74, 6) is -0.933. The van der Waals surface area contributed by atoms with Gasteiger partial charge in [-0.25, -0.2) is 27.3 Å². The summed E-state index contributed by atoms with van der Waals surface area (Å²) in [7, 11) is 1.61. The lowest BCUT2D eigenvalue weighted by Crippen LogP contribution is -2.23. The second-order valence-corrected chi connectivity index (χ2v) is 9.43. The van der Waals surface area contributed by atoms with E-state index in [0.717, 1.165) is 4.31 Å². The summed E-state index contributed by atoms with van der Waals surface area (Å²) in [6, 6.07) is 7.58. The summed E-state index contributed by atoms with van der Waals surface area (Å²) in [6.07, 6.45) is 1.21. The highest BCUT2D eigenvalue weighted by atomic mass is 32.2. The third kappa shape index (κ3) is 4.92. The van der Waals surface area contributed by atoms with E-state index in [2.05, 4.69) is 15.8 Å². The first-order valence-corrected chi connectivity index (χ1v) is 11.4. The number of hydrogen-bond acceptors (Lipinski definition) is 8. The Morgan fingerprint density at radius 3 is 2.62 bits per heavy atom. The van der Waals surface area contributed by atoms with Crippen LogP contribution in [-0.4, -0.2) is 68.5 Å². The van der Waals surface area contributed by atoms with Gasteiger partial charge in [-0.2, -0.15) is 0 Å². The Balaban J connectivity index is 2.29. The molecule has 0 saturated carbocycles. The number of hydrogen-bond donors (Lipinski definition) is 2. The molecule has 34 heavy (non-hydrogen) atoms. The maximum Gasteiger partial charge on any atom is 0.274 e. The van der Waals surface area contributed by atoms with Crippen LogP contribution in [0.1, 0.15) is 10.4 Å². The summed E-state index contributed by atoms with van der Waals surface area (Å²) >= 11 is 0. The number of benzene rings is 2. The highest BCUT2D eigenvalue weighted by molar-refractivity contribution is 7.89. The van der Waals surface area contributed by atoms with E-state index in [1.54, 1.807) is 6.07 Å². The molecule has 0 aliphatic carbocycles. The van der Waals surface area contributed by atoms with E-state index in [9.17, 15) is 17.6 Å². The molecule has 0 atom stereocenters. The number of amides is 1. The van der Waals surface area contributed by atoms with Gasteiger partial charge in [0.1, 0.15) is 22.0 Å². The zero-order chi connectivity index (χ0) is 25.0. The van der Waals surface area contributed by atoms with Crippen molar-refractivity contribution in [2.24, 2.45) is 5.73 Å². The monoisotopic (exact) mass is 492 g/mol. The standard InChI is InChI=1S/C21H25FN6O5S/c1-27(2)34(30,31)19-11-13(5-6-18(19)32-3)16-9-14(21(29)25-33-4)10-17-20(16)24-26-28(17)12-15(22)7-8-23/h5-7,9-11H,8,12,23H2,1-4H3,(H,25,29)/b15-7-. The molecule has 0 fully saturated rings. The first-order valence-electron chi connectivity index (χ1n) is 10.00. The third-order valence-electron chi connectivity index (χ3n) is 4.95. The van der Waals surface area contributed by atoms with Crippen molar-refractivity contribution in [2.45, 2.75) is 11.4 Å². The number of aromatic nitrogens is 3. The smallest absolute Gasteiger partial charge is 0.274 e.